The Morgan fingerprint density at radius 3 is 2.58 bits per heavy atom. The monoisotopic (exact) mass is 169 g/mol. The van der Waals surface area contributed by atoms with Gasteiger partial charge in [0.05, 0.1) is 7.11 Å². The molecule has 0 saturated heterocycles. The molecule has 0 radical (unpaired) electrons. The van der Waals surface area contributed by atoms with Crippen LogP contribution in [0.25, 0.3) is 0 Å². The molecule has 1 N–H and O–H groups in total. The lowest BCUT2D eigenvalue weighted by molar-refractivity contribution is 0.308. The minimum Gasteiger partial charge on any atom is -0.497 e. The minimum absolute atomic E-state index is 0.704. The molecule has 0 aliphatic heterocycles. The number of methoxy groups -OCH3 is 1. The van der Waals surface area contributed by atoms with Crippen LogP contribution in [-0.4, -0.2) is 13.7 Å². The molecule has 0 spiro atoms. The van der Waals surface area contributed by atoms with Crippen molar-refractivity contribution in [3.8, 4) is 0 Å². The molecule has 0 heterocycles. The molecule has 2 nitrogen and oxygen atoms in total. The molecular formula is C10H19NO. The second kappa shape index (κ2) is 6.77. The summed E-state index contributed by atoms with van der Waals surface area (Å²) in [4.78, 5) is 0. The molecular weight excluding hydrogens is 150 g/mol. The van der Waals surface area contributed by atoms with Crippen LogP contribution in [0.1, 0.15) is 26.7 Å². The largest absolute Gasteiger partial charge is 0.497 e. The van der Waals surface area contributed by atoms with Crippen molar-refractivity contribution >= 4 is 0 Å². The lowest BCUT2D eigenvalue weighted by atomic mass is 10.3. The Morgan fingerprint density at radius 2 is 2.17 bits per heavy atom. The van der Waals surface area contributed by atoms with Crippen molar-refractivity contribution in [1.29, 1.82) is 0 Å². The molecule has 0 rings (SSSR count). The predicted molar refractivity (Wildman–Crippen MR) is 52.8 cm³/mol. The van der Waals surface area contributed by atoms with E-state index >= 15 is 0 Å². The van der Waals surface area contributed by atoms with Crippen LogP contribution in [0, 0.1) is 0 Å². The zero-order valence-corrected chi connectivity index (χ0v) is 8.31. The second-order valence-electron chi connectivity index (χ2n) is 2.62. The van der Waals surface area contributed by atoms with Gasteiger partial charge in [-0.15, -0.1) is 0 Å². The molecule has 0 unspecified atom stereocenters. The summed E-state index contributed by atoms with van der Waals surface area (Å²) in [6.07, 6.45) is 4.06. The van der Waals surface area contributed by atoms with E-state index in [-0.39, 0.29) is 0 Å². The van der Waals surface area contributed by atoms with E-state index in [0.29, 0.717) is 5.76 Å². The average Bonchev–Trinajstić information content (AvgIpc) is 2.11. The van der Waals surface area contributed by atoms with Crippen LogP contribution >= 0.6 is 0 Å². The van der Waals surface area contributed by atoms with Gasteiger partial charge in [-0.2, -0.15) is 0 Å². The highest BCUT2D eigenvalue weighted by Crippen LogP contribution is 2.02. The van der Waals surface area contributed by atoms with Crippen LogP contribution < -0.4 is 5.32 Å². The van der Waals surface area contributed by atoms with Crippen LogP contribution in [0.5, 0.6) is 0 Å². The molecule has 0 aliphatic carbocycles. The fourth-order valence-corrected chi connectivity index (χ4v) is 0.817. The van der Waals surface area contributed by atoms with E-state index in [0.717, 1.165) is 19.4 Å². The summed E-state index contributed by atoms with van der Waals surface area (Å²) in [6.45, 7) is 8.99. The highest BCUT2D eigenvalue weighted by Gasteiger charge is 1.93. The third-order valence-corrected chi connectivity index (χ3v) is 1.58. The van der Waals surface area contributed by atoms with E-state index in [1.807, 2.05) is 6.08 Å². The van der Waals surface area contributed by atoms with Crippen LogP contribution in [0.4, 0.5) is 0 Å². The van der Waals surface area contributed by atoms with Gasteiger partial charge in [0.2, 0.25) is 0 Å². The first-order valence-electron chi connectivity index (χ1n) is 4.41. The van der Waals surface area contributed by atoms with Crippen molar-refractivity contribution in [3.63, 3.8) is 0 Å². The molecule has 0 aliphatic rings. The van der Waals surface area contributed by atoms with Gasteiger partial charge in [-0.25, -0.2) is 0 Å². The summed E-state index contributed by atoms with van der Waals surface area (Å²) in [5.41, 5.74) is 1.18. The standard InChI is InChI=1S/C10H19NO/c1-5-7-11-10(6-2)8-9(3)12-4/h8,11H,3,5-7H2,1-2,4H3/b10-8+. The van der Waals surface area contributed by atoms with Gasteiger partial charge in [-0.05, 0) is 18.9 Å². The molecule has 0 amide bonds. The van der Waals surface area contributed by atoms with Crippen molar-refractivity contribution in [2.24, 2.45) is 0 Å². The summed E-state index contributed by atoms with van der Waals surface area (Å²) in [5, 5.41) is 3.30. The minimum atomic E-state index is 0.704. The molecule has 0 aromatic heterocycles. The van der Waals surface area contributed by atoms with Crippen LogP contribution in [0.3, 0.4) is 0 Å². The first-order valence-corrected chi connectivity index (χ1v) is 4.41. The summed E-state index contributed by atoms with van der Waals surface area (Å²) >= 11 is 0. The zero-order chi connectivity index (χ0) is 9.40. The van der Waals surface area contributed by atoms with Crippen molar-refractivity contribution in [2.75, 3.05) is 13.7 Å². The third-order valence-electron chi connectivity index (χ3n) is 1.58. The summed E-state index contributed by atoms with van der Waals surface area (Å²) in [7, 11) is 1.63. The van der Waals surface area contributed by atoms with Gasteiger partial charge in [0.15, 0.2) is 0 Å². The molecule has 0 bridgehead atoms. The highest BCUT2D eigenvalue weighted by molar-refractivity contribution is 5.14. The van der Waals surface area contributed by atoms with Crippen molar-refractivity contribution < 1.29 is 4.74 Å². The maximum Gasteiger partial charge on any atom is 0.113 e. The van der Waals surface area contributed by atoms with Gasteiger partial charge in [-0.1, -0.05) is 20.4 Å². The van der Waals surface area contributed by atoms with Crippen molar-refractivity contribution in [2.45, 2.75) is 26.7 Å². The molecule has 0 atom stereocenters. The van der Waals surface area contributed by atoms with E-state index in [1.54, 1.807) is 7.11 Å². The Balaban J connectivity index is 3.94. The maximum absolute atomic E-state index is 4.95. The SMILES string of the molecule is C=C(/C=C(\CC)NCCC)OC. The fourth-order valence-electron chi connectivity index (χ4n) is 0.817. The number of hydrogen-bond donors (Lipinski definition) is 1. The van der Waals surface area contributed by atoms with Crippen molar-refractivity contribution in [3.05, 3.63) is 24.1 Å². The Morgan fingerprint density at radius 1 is 1.50 bits per heavy atom. The van der Waals surface area contributed by atoms with E-state index in [4.69, 9.17) is 4.74 Å². The Labute approximate surface area is 75.3 Å². The lowest BCUT2D eigenvalue weighted by Crippen LogP contribution is -2.13. The first kappa shape index (κ1) is 11.1. The van der Waals surface area contributed by atoms with Crippen LogP contribution in [0.15, 0.2) is 24.1 Å². The Kier molecular flexibility index (Phi) is 6.25. The molecule has 0 fully saturated rings. The summed E-state index contributed by atoms with van der Waals surface area (Å²) < 4.78 is 4.95. The average molecular weight is 169 g/mol. The van der Waals surface area contributed by atoms with Gasteiger partial charge >= 0.3 is 0 Å². The van der Waals surface area contributed by atoms with Crippen LogP contribution in [-0.2, 0) is 4.74 Å². The number of allylic oxidation sites excluding steroid dienone is 2. The number of nitrogens with one attached hydrogen (secondary N) is 1. The zero-order valence-electron chi connectivity index (χ0n) is 8.31. The number of rotatable bonds is 6. The van der Waals surface area contributed by atoms with Gasteiger partial charge in [0, 0.05) is 12.2 Å². The summed E-state index contributed by atoms with van der Waals surface area (Å²) in [5.74, 6) is 0.704. The smallest absolute Gasteiger partial charge is 0.113 e. The maximum atomic E-state index is 4.95. The van der Waals surface area contributed by atoms with Gasteiger partial charge < -0.3 is 10.1 Å². The molecule has 70 valence electrons. The van der Waals surface area contributed by atoms with Crippen molar-refractivity contribution in [1.82, 2.24) is 5.32 Å². The van der Waals surface area contributed by atoms with E-state index in [1.165, 1.54) is 5.70 Å². The number of ether oxygens (including phenoxy) is 1. The predicted octanol–water partition coefficient (Wildman–Crippen LogP) is 2.44. The molecule has 0 aromatic rings. The normalized spacial score (nSPS) is 11.1. The topological polar surface area (TPSA) is 21.3 Å². The molecule has 12 heavy (non-hydrogen) atoms. The Hall–Kier alpha value is -0.920. The van der Waals surface area contributed by atoms with Gasteiger partial charge in [-0.3, -0.25) is 0 Å². The van der Waals surface area contributed by atoms with Gasteiger partial charge in [0.1, 0.15) is 5.76 Å². The van der Waals surface area contributed by atoms with E-state index < -0.39 is 0 Å². The summed E-state index contributed by atoms with van der Waals surface area (Å²) in [6, 6.07) is 0. The first-order chi connectivity index (χ1) is 5.74. The van der Waals surface area contributed by atoms with Crippen LogP contribution in [0.2, 0.25) is 0 Å². The Bertz CT molecular complexity index is 161. The molecule has 0 saturated carbocycles. The fraction of sp³-hybridized carbons (Fsp3) is 0.600. The lowest BCUT2D eigenvalue weighted by Gasteiger charge is -2.08. The quantitative estimate of drug-likeness (QED) is 0.487. The number of hydrogen-bond acceptors (Lipinski definition) is 2. The van der Waals surface area contributed by atoms with Gasteiger partial charge in [0.25, 0.3) is 0 Å². The second-order valence-corrected chi connectivity index (χ2v) is 2.62. The molecule has 0 aromatic carbocycles. The third kappa shape index (κ3) is 4.83. The van der Waals surface area contributed by atoms with E-state index in [9.17, 15) is 0 Å². The van der Waals surface area contributed by atoms with E-state index in [2.05, 4.69) is 25.7 Å². The highest BCUT2D eigenvalue weighted by atomic mass is 16.5. The molecule has 2 heteroatoms.